The molecule has 0 fully saturated rings. The van der Waals surface area contributed by atoms with Crippen LogP contribution in [-0.4, -0.2) is 21.8 Å². The molecule has 328 valence electrons. The smallest absolute Gasteiger partial charge is 0.180 e. The molecule has 0 unspecified atom stereocenters. The number of fused-ring (bicyclic) bond motifs is 9. The summed E-state index contributed by atoms with van der Waals surface area (Å²) in [5.74, 6) is 0. The second-order valence-electron chi connectivity index (χ2n) is 18.4. The minimum absolute atomic E-state index is 1.11. The molecule has 3 nitrogen and oxygen atoms in total. The molecule has 0 radical (unpaired) electrons. The van der Waals surface area contributed by atoms with Gasteiger partial charge >= 0.3 is 0 Å². The van der Waals surface area contributed by atoms with Crippen molar-refractivity contribution < 1.29 is 0 Å². The second kappa shape index (κ2) is 16.1. The molecule has 0 aliphatic rings. The summed E-state index contributed by atoms with van der Waals surface area (Å²) in [6.07, 6.45) is 0. The largest absolute Gasteiger partial charge is 0.309 e. The molecule has 14 aromatic rings. The van der Waals surface area contributed by atoms with E-state index in [1.807, 2.05) is 0 Å². The lowest BCUT2D eigenvalue weighted by atomic mass is 10.1. The lowest BCUT2D eigenvalue weighted by molar-refractivity contribution is 1.12. The third-order valence-electron chi connectivity index (χ3n) is 14.8. The Bertz CT molecular complexity index is 4130. The van der Waals surface area contributed by atoms with Gasteiger partial charge in [-0.1, -0.05) is 218 Å². The molecule has 0 amide bonds. The average molecular weight is 908 g/mol. The number of aromatic nitrogens is 3. The van der Waals surface area contributed by atoms with Gasteiger partial charge in [0.05, 0.1) is 38.8 Å². The number of benzene rings is 11. The highest BCUT2D eigenvalue weighted by Crippen LogP contribution is 2.42. The van der Waals surface area contributed by atoms with Crippen molar-refractivity contribution in [3.63, 3.8) is 0 Å². The van der Waals surface area contributed by atoms with E-state index in [0.29, 0.717) is 0 Å². The van der Waals surface area contributed by atoms with Crippen molar-refractivity contribution in [3.8, 4) is 28.2 Å². The summed E-state index contributed by atoms with van der Waals surface area (Å²) in [5.41, 5.74) is 12.8. The van der Waals surface area contributed by atoms with E-state index in [1.54, 1.807) is 0 Å². The molecule has 0 saturated heterocycles. The Morgan fingerprint density at radius 1 is 0.257 bits per heavy atom. The molecule has 3 aromatic heterocycles. The molecule has 0 N–H and O–H groups in total. The van der Waals surface area contributed by atoms with E-state index in [-0.39, 0.29) is 0 Å². The van der Waals surface area contributed by atoms with Gasteiger partial charge in [-0.25, -0.2) is 0 Å². The fourth-order valence-corrected chi connectivity index (χ4v) is 16.9. The lowest BCUT2D eigenvalue weighted by Crippen LogP contribution is -2.74. The Morgan fingerprint density at radius 2 is 0.714 bits per heavy atom. The van der Waals surface area contributed by atoms with Crippen molar-refractivity contribution in [1.29, 1.82) is 0 Å². The topological polar surface area (TPSA) is 14.8 Å². The van der Waals surface area contributed by atoms with Gasteiger partial charge in [0, 0.05) is 43.7 Å². The van der Waals surface area contributed by atoms with E-state index < -0.39 is 8.07 Å². The van der Waals surface area contributed by atoms with Gasteiger partial charge in [-0.15, -0.1) is 0 Å². The average Bonchev–Trinajstić information content (AvgIpc) is 4.08. The molecular weight excluding hydrogens is 863 g/mol. The predicted molar refractivity (Wildman–Crippen MR) is 299 cm³/mol. The van der Waals surface area contributed by atoms with Crippen LogP contribution in [0.4, 0.5) is 0 Å². The van der Waals surface area contributed by atoms with Crippen molar-refractivity contribution in [3.05, 3.63) is 273 Å². The zero-order chi connectivity index (χ0) is 46.2. The van der Waals surface area contributed by atoms with Crippen molar-refractivity contribution in [1.82, 2.24) is 13.7 Å². The van der Waals surface area contributed by atoms with Gasteiger partial charge in [-0.05, 0) is 86.5 Å². The highest BCUT2D eigenvalue weighted by molar-refractivity contribution is 7.20. The summed E-state index contributed by atoms with van der Waals surface area (Å²) in [7, 11) is -2.94. The Balaban J connectivity index is 1.11. The molecule has 0 bridgehead atoms. The first kappa shape index (κ1) is 40.1. The van der Waals surface area contributed by atoms with E-state index in [0.717, 1.165) is 28.1 Å². The maximum Gasteiger partial charge on any atom is 0.180 e. The maximum atomic E-state index is 2.56. The first-order valence-electron chi connectivity index (χ1n) is 24.2. The fraction of sp³-hybridized carbons (Fsp3) is 0. The first-order valence-corrected chi connectivity index (χ1v) is 26.2. The maximum absolute atomic E-state index is 2.94. The molecule has 14 rings (SSSR count). The van der Waals surface area contributed by atoms with Crippen molar-refractivity contribution in [2.45, 2.75) is 0 Å². The summed E-state index contributed by atoms with van der Waals surface area (Å²) < 4.78 is 7.52. The van der Waals surface area contributed by atoms with Gasteiger partial charge in [0.25, 0.3) is 0 Å². The summed E-state index contributed by atoms with van der Waals surface area (Å²) in [6.45, 7) is 0. The predicted octanol–water partition coefficient (Wildman–Crippen LogP) is 14.0. The zero-order valence-electron chi connectivity index (χ0n) is 38.3. The number of hydrogen-bond acceptors (Lipinski definition) is 0. The number of nitrogens with zero attached hydrogens (tertiary/aromatic N) is 3. The van der Waals surface area contributed by atoms with Gasteiger partial charge in [0.15, 0.2) is 8.07 Å². The Kier molecular flexibility index (Phi) is 9.23. The third kappa shape index (κ3) is 5.94. The molecule has 0 atom stereocenters. The molecule has 0 saturated carbocycles. The van der Waals surface area contributed by atoms with Gasteiger partial charge in [-0.2, -0.15) is 0 Å². The summed E-state index contributed by atoms with van der Waals surface area (Å²) >= 11 is 0. The van der Waals surface area contributed by atoms with Crippen molar-refractivity contribution >= 4 is 94.2 Å². The van der Waals surface area contributed by atoms with Crippen LogP contribution in [0.1, 0.15) is 0 Å². The van der Waals surface area contributed by atoms with Gasteiger partial charge in [-0.3, -0.25) is 0 Å². The van der Waals surface area contributed by atoms with Crippen LogP contribution in [-0.2, 0) is 0 Å². The molecular formula is C66H45N3Si. The van der Waals surface area contributed by atoms with Crippen LogP contribution in [0, 0.1) is 0 Å². The van der Waals surface area contributed by atoms with Gasteiger partial charge in [0.1, 0.15) is 0 Å². The van der Waals surface area contributed by atoms with Crippen LogP contribution in [0.3, 0.4) is 0 Å². The second-order valence-corrected chi connectivity index (χ2v) is 22.2. The number of para-hydroxylation sites is 4. The molecule has 3 heterocycles. The zero-order valence-corrected chi connectivity index (χ0v) is 39.3. The number of hydrogen-bond donors (Lipinski definition) is 0. The Morgan fingerprint density at radius 3 is 1.34 bits per heavy atom. The summed E-state index contributed by atoms with van der Waals surface area (Å²) in [6, 6.07) is 101. The minimum Gasteiger partial charge on any atom is -0.309 e. The van der Waals surface area contributed by atoms with Crippen LogP contribution in [0.25, 0.3) is 93.6 Å². The van der Waals surface area contributed by atoms with Crippen LogP contribution < -0.4 is 20.7 Å². The Hall–Kier alpha value is -8.96. The van der Waals surface area contributed by atoms with Crippen LogP contribution >= 0.6 is 0 Å². The standard InChI is InChI=1S/C66H45N3Si/c1-5-22-46(23-6-1)47-24-19-25-48(44-47)68-63-45-49(67-58-36-16-13-32-53(58)54-33-14-17-37-59(54)67)42-43-55(63)56-35-20-40-62(66(56)68)69-60-38-18-15-34-57(60)65-61(69)39-21-41-64(65)70(50-26-7-2-8-27-50,51-28-9-3-10-29-51)52-30-11-4-12-31-52/h1-45H. The fourth-order valence-electron chi connectivity index (χ4n) is 11.9. The molecule has 11 aromatic carbocycles. The minimum atomic E-state index is -2.94. The van der Waals surface area contributed by atoms with E-state index in [2.05, 4.69) is 287 Å². The van der Waals surface area contributed by atoms with Crippen LogP contribution in [0.5, 0.6) is 0 Å². The molecule has 0 aliphatic heterocycles. The molecule has 0 aliphatic carbocycles. The highest BCUT2D eigenvalue weighted by atomic mass is 28.3. The molecule has 4 heteroatoms. The summed E-state index contributed by atoms with van der Waals surface area (Å²) in [5, 5.41) is 12.9. The van der Waals surface area contributed by atoms with E-state index >= 15 is 0 Å². The van der Waals surface area contributed by atoms with E-state index in [9.17, 15) is 0 Å². The van der Waals surface area contributed by atoms with Gasteiger partial charge in [0.2, 0.25) is 0 Å². The molecule has 70 heavy (non-hydrogen) atoms. The van der Waals surface area contributed by atoms with Crippen LogP contribution in [0.15, 0.2) is 273 Å². The van der Waals surface area contributed by atoms with Crippen molar-refractivity contribution in [2.75, 3.05) is 0 Å². The normalized spacial score (nSPS) is 12.0. The SMILES string of the molecule is c1ccc(-c2cccc(-n3c4cc(-n5c6ccccc6c6ccccc65)ccc4c4cccc(-n5c6ccccc6c6c([Si](c7ccccc7)(c7ccccc7)c7ccccc7)cccc65)c43)c2)cc1. The van der Waals surface area contributed by atoms with Crippen molar-refractivity contribution in [2.24, 2.45) is 0 Å². The van der Waals surface area contributed by atoms with E-state index in [4.69, 9.17) is 0 Å². The van der Waals surface area contributed by atoms with Gasteiger partial charge < -0.3 is 13.7 Å². The summed E-state index contributed by atoms with van der Waals surface area (Å²) in [4.78, 5) is 0. The van der Waals surface area contributed by atoms with Crippen LogP contribution in [0.2, 0.25) is 0 Å². The highest BCUT2D eigenvalue weighted by Gasteiger charge is 2.43. The number of rotatable bonds is 8. The quantitative estimate of drug-likeness (QED) is 0.107. The Labute approximate surface area is 407 Å². The monoisotopic (exact) mass is 907 g/mol. The van der Waals surface area contributed by atoms with E-state index in [1.165, 1.54) is 86.3 Å². The lowest BCUT2D eigenvalue weighted by Gasteiger charge is -2.35. The molecule has 0 spiro atoms. The first-order chi connectivity index (χ1) is 34.8. The third-order valence-corrected chi connectivity index (χ3v) is 19.6.